The van der Waals surface area contributed by atoms with Crippen LogP contribution in [0.1, 0.15) is 22.2 Å². The first-order chi connectivity index (χ1) is 12.5. The van der Waals surface area contributed by atoms with Crippen molar-refractivity contribution in [3.05, 3.63) is 45.1 Å². The maximum absolute atomic E-state index is 12.4. The van der Waals surface area contributed by atoms with Crippen LogP contribution in [0, 0.1) is 0 Å². The minimum absolute atomic E-state index is 0.151. The van der Waals surface area contributed by atoms with Crippen LogP contribution in [0.15, 0.2) is 30.3 Å². The standard InChI is InChI=1S/C18H20ClNO5S/c1-4-20(10-12-8-9-15(19)26-12)16(21)11-25-18(22)17-13(23-2)6-5-7-14(17)24-3/h5-9H,4,10-11H2,1-3H3. The van der Waals surface area contributed by atoms with Gasteiger partial charge in [-0.05, 0) is 31.2 Å². The number of ether oxygens (including phenoxy) is 3. The summed E-state index contributed by atoms with van der Waals surface area (Å²) in [7, 11) is 2.89. The Labute approximate surface area is 161 Å². The van der Waals surface area contributed by atoms with Gasteiger partial charge in [-0.1, -0.05) is 17.7 Å². The molecule has 0 aliphatic carbocycles. The lowest BCUT2D eigenvalue weighted by Crippen LogP contribution is -2.34. The maximum atomic E-state index is 12.4. The molecule has 140 valence electrons. The minimum Gasteiger partial charge on any atom is -0.496 e. The van der Waals surface area contributed by atoms with Crippen LogP contribution in [-0.2, 0) is 16.1 Å². The molecule has 0 saturated carbocycles. The van der Waals surface area contributed by atoms with Gasteiger partial charge in [0, 0.05) is 11.4 Å². The van der Waals surface area contributed by atoms with Crippen LogP contribution in [0.3, 0.4) is 0 Å². The van der Waals surface area contributed by atoms with Crippen molar-refractivity contribution in [3.8, 4) is 11.5 Å². The molecule has 1 amide bonds. The van der Waals surface area contributed by atoms with E-state index in [9.17, 15) is 9.59 Å². The lowest BCUT2D eigenvalue weighted by atomic mass is 10.2. The molecule has 8 heteroatoms. The highest BCUT2D eigenvalue weighted by Gasteiger charge is 2.22. The molecule has 6 nitrogen and oxygen atoms in total. The van der Waals surface area contributed by atoms with Crippen molar-refractivity contribution in [2.75, 3.05) is 27.4 Å². The summed E-state index contributed by atoms with van der Waals surface area (Å²) in [6.45, 7) is 2.40. The maximum Gasteiger partial charge on any atom is 0.346 e. The Hall–Kier alpha value is -2.25. The van der Waals surface area contributed by atoms with Crippen LogP contribution in [0.5, 0.6) is 11.5 Å². The molecule has 2 aromatic rings. The highest BCUT2D eigenvalue weighted by atomic mass is 35.5. The molecular weight excluding hydrogens is 378 g/mol. The second-order valence-corrected chi connectivity index (χ2v) is 7.03. The molecule has 0 saturated heterocycles. The van der Waals surface area contributed by atoms with Gasteiger partial charge >= 0.3 is 5.97 Å². The Kier molecular flexibility index (Phi) is 7.29. The van der Waals surface area contributed by atoms with Gasteiger partial charge in [0.05, 0.1) is 25.1 Å². The number of hydrogen-bond acceptors (Lipinski definition) is 6. The summed E-state index contributed by atoms with van der Waals surface area (Å²) in [5.74, 6) is -0.327. The average molecular weight is 398 g/mol. The van der Waals surface area contributed by atoms with Gasteiger partial charge < -0.3 is 19.1 Å². The summed E-state index contributed by atoms with van der Waals surface area (Å²) in [4.78, 5) is 27.4. The second-order valence-electron chi connectivity index (χ2n) is 5.23. The molecule has 0 bridgehead atoms. The number of carbonyl (C=O) groups excluding carboxylic acids is 2. The van der Waals surface area contributed by atoms with E-state index in [0.717, 1.165) is 4.88 Å². The van der Waals surface area contributed by atoms with Crippen LogP contribution < -0.4 is 9.47 Å². The number of nitrogens with zero attached hydrogens (tertiary/aromatic N) is 1. The third-order valence-electron chi connectivity index (χ3n) is 3.67. The Morgan fingerprint density at radius 2 is 1.77 bits per heavy atom. The molecule has 0 spiro atoms. The number of esters is 1. The number of methoxy groups -OCH3 is 2. The number of carbonyl (C=O) groups is 2. The van der Waals surface area contributed by atoms with Crippen molar-refractivity contribution in [2.45, 2.75) is 13.5 Å². The molecule has 2 rings (SSSR count). The predicted molar refractivity (Wildman–Crippen MR) is 100 cm³/mol. The van der Waals surface area contributed by atoms with Crippen molar-refractivity contribution < 1.29 is 23.8 Å². The second kappa shape index (κ2) is 9.45. The van der Waals surface area contributed by atoms with E-state index in [4.69, 9.17) is 25.8 Å². The number of amides is 1. The number of thiophene rings is 1. The fourth-order valence-corrected chi connectivity index (χ4v) is 3.45. The quantitative estimate of drug-likeness (QED) is 0.636. The zero-order valence-electron chi connectivity index (χ0n) is 14.8. The zero-order valence-corrected chi connectivity index (χ0v) is 16.4. The van der Waals surface area contributed by atoms with Gasteiger partial charge in [0.1, 0.15) is 17.1 Å². The summed E-state index contributed by atoms with van der Waals surface area (Å²) >= 11 is 7.33. The van der Waals surface area contributed by atoms with E-state index < -0.39 is 5.97 Å². The van der Waals surface area contributed by atoms with Crippen LogP contribution in [-0.4, -0.2) is 44.1 Å². The first-order valence-electron chi connectivity index (χ1n) is 7.90. The molecule has 0 radical (unpaired) electrons. The average Bonchev–Trinajstić information content (AvgIpc) is 3.07. The van der Waals surface area contributed by atoms with Gasteiger partial charge in [-0.2, -0.15) is 0 Å². The third kappa shape index (κ3) is 4.89. The summed E-state index contributed by atoms with van der Waals surface area (Å²) in [5.41, 5.74) is 0.151. The molecule has 0 fully saturated rings. The largest absolute Gasteiger partial charge is 0.496 e. The van der Waals surface area contributed by atoms with Crippen molar-refractivity contribution >= 4 is 34.8 Å². The van der Waals surface area contributed by atoms with E-state index in [2.05, 4.69) is 0 Å². The number of halogens is 1. The van der Waals surface area contributed by atoms with Gasteiger partial charge in [-0.3, -0.25) is 4.79 Å². The van der Waals surface area contributed by atoms with Gasteiger partial charge in [0.2, 0.25) is 0 Å². The highest BCUT2D eigenvalue weighted by Crippen LogP contribution is 2.29. The Balaban J connectivity index is 2.03. The van der Waals surface area contributed by atoms with Crippen molar-refractivity contribution in [2.24, 2.45) is 0 Å². The van der Waals surface area contributed by atoms with Crippen LogP contribution in [0.4, 0.5) is 0 Å². The predicted octanol–water partition coefficient (Wildman–Crippen LogP) is 3.62. The normalized spacial score (nSPS) is 10.3. The van der Waals surface area contributed by atoms with Gasteiger partial charge in [0.25, 0.3) is 5.91 Å². The number of benzene rings is 1. The topological polar surface area (TPSA) is 65.1 Å². The summed E-state index contributed by atoms with van der Waals surface area (Å²) in [5, 5.41) is 0. The van der Waals surface area contributed by atoms with E-state index >= 15 is 0 Å². The Morgan fingerprint density at radius 3 is 2.27 bits per heavy atom. The van der Waals surface area contributed by atoms with Crippen molar-refractivity contribution in [1.29, 1.82) is 0 Å². The van der Waals surface area contributed by atoms with Gasteiger partial charge in [0.15, 0.2) is 6.61 Å². The molecular formula is C18H20ClNO5S. The van der Waals surface area contributed by atoms with E-state index in [1.807, 2.05) is 13.0 Å². The Bertz CT molecular complexity index is 754. The smallest absolute Gasteiger partial charge is 0.346 e. The van der Waals surface area contributed by atoms with Gasteiger partial charge in [-0.25, -0.2) is 4.79 Å². The molecule has 1 aromatic heterocycles. The van der Waals surface area contributed by atoms with Crippen molar-refractivity contribution in [1.82, 2.24) is 4.90 Å². The molecule has 1 heterocycles. The van der Waals surface area contributed by atoms with Crippen LogP contribution in [0.25, 0.3) is 0 Å². The summed E-state index contributed by atoms with van der Waals surface area (Å²) in [6.07, 6.45) is 0. The summed E-state index contributed by atoms with van der Waals surface area (Å²) < 4.78 is 16.2. The molecule has 0 aliphatic rings. The Morgan fingerprint density at radius 1 is 1.12 bits per heavy atom. The molecule has 1 aromatic carbocycles. The fourth-order valence-electron chi connectivity index (χ4n) is 2.34. The molecule has 0 N–H and O–H groups in total. The molecule has 0 unspecified atom stereocenters. The van der Waals surface area contributed by atoms with Crippen LogP contribution in [0.2, 0.25) is 4.34 Å². The van der Waals surface area contributed by atoms with E-state index in [0.29, 0.717) is 28.9 Å². The lowest BCUT2D eigenvalue weighted by molar-refractivity contribution is -0.134. The minimum atomic E-state index is -0.678. The highest BCUT2D eigenvalue weighted by molar-refractivity contribution is 7.16. The van der Waals surface area contributed by atoms with E-state index in [1.54, 1.807) is 29.2 Å². The lowest BCUT2D eigenvalue weighted by Gasteiger charge is -2.20. The molecule has 26 heavy (non-hydrogen) atoms. The molecule has 0 atom stereocenters. The fraction of sp³-hybridized carbons (Fsp3) is 0.333. The van der Waals surface area contributed by atoms with Gasteiger partial charge in [-0.15, -0.1) is 11.3 Å². The first-order valence-corrected chi connectivity index (χ1v) is 9.09. The number of rotatable bonds is 8. The van der Waals surface area contributed by atoms with E-state index in [-0.39, 0.29) is 18.1 Å². The van der Waals surface area contributed by atoms with E-state index in [1.165, 1.54) is 25.6 Å². The number of hydrogen-bond donors (Lipinski definition) is 0. The third-order valence-corrected chi connectivity index (χ3v) is 4.88. The number of likely N-dealkylation sites (N-methyl/N-ethyl adjacent to an activating group) is 1. The SMILES string of the molecule is CCN(Cc1ccc(Cl)s1)C(=O)COC(=O)c1c(OC)cccc1OC. The summed E-state index contributed by atoms with van der Waals surface area (Å²) in [6, 6.07) is 8.60. The zero-order chi connectivity index (χ0) is 19.1. The first kappa shape index (κ1) is 20.1. The monoisotopic (exact) mass is 397 g/mol. The molecule has 0 aliphatic heterocycles. The van der Waals surface area contributed by atoms with Crippen molar-refractivity contribution in [3.63, 3.8) is 0 Å². The van der Waals surface area contributed by atoms with Crippen LogP contribution >= 0.6 is 22.9 Å².